The maximum Gasteiger partial charge on any atom is 0.166 e. The molecule has 1 aliphatic rings. The van der Waals surface area contributed by atoms with Crippen molar-refractivity contribution in [3.63, 3.8) is 0 Å². The van der Waals surface area contributed by atoms with Crippen LogP contribution in [0.2, 0.25) is 0 Å². The number of benzene rings is 1. The number of carbonyl (C=O) groups excluding carboxylic acids is 1. The largest absolute Gasteiger partial charge is 0.390 e. The predicted molar refractivity (Wildman–Crippen MR) is 68.1 cm³/mol. The van der Waals surface area contributed by atoms with Crippen LogP contribution >= 0.6 is 0 Å². The summed E-state index contributed by atoms with van der Waals surface area (Å²) in [6, 6.07) is 7.80. The number of aliphatic hydroxyl groups is 1. The molecule has 17 heavy (non-hydrogen) atoms. The van der Waals surface area contributed by atoms with E-state index in [4.69, 9.17) is 0 Å². The molecule has 0 saturated carbocycles. The fourth-order valence-corrected chi connectivity index (χ4v) is 2.68. The van der Waals surface area contributed by atoms with Gasteiger partial charge in [-0.15, -0.1) is 0 Å². The lowest BCUT2D eigenvalue weighted by molar-refractivity contribution is 0.00977. The third-order valence-corrected chi connectivity index (χ3v) is 4.06. The number of hydrogen-bond donors (Lipinski definition) is 1. The van der Waals surface area contributed by atoms with E-state index in [9.17, 15) is 9.90 Å². The monoisotopic (exact) mass is 232 g/mol. The zero-order valence-electron chi connectivity index (χ0n) is 10.6. The average molecular weight is 232 g/mol. The summed E-state index contributed by atoms with van der Waals surface area (Å²) < 4.78 is 0. The standard InChI is InChI=1S/C15H20O2/c1-3-15(17,4-2)10-12-9-11-7-5-6-8-13(11)14(12)16/h5-8,12,17H,3-4,9-10H2,1-2H3. The predicted octanol–water partition coefficient (Wildman–Crippen LogP) is 2.98. The normalized spacial score (nSPS) is 19.5. The van der Waals surface area contributed by atoms with Crippen molar-refractivity contribution in [1.82, 2.24) is 0 Å². The molecule has 0 radical (unpaired) electrons. The molecular formula is C15H20O2. The molecular weight excluding hydrogens is 212 g/mol. The van der Waals surface area contributed by atoms with Crippen molar-refractivity contribution in [2.24, 2.45) is 5.92 Å². The maximum absolute atomic E-state index is 12.2. The van der Waals surface area contributed by atoms with E-state index >= 15 is 0 Å². The van der Waals surface area contributed by atoms with Crippen molar-refractivity contribution in [1.29, 1.82) is 0 Å². The first-order valence-corrected chi connectivity index (χ1v) is 6.44. The van der Waals surface area contributed by atoms with Crippen LogP contribution in [0.3, 0.4) is 0 Å². The quantitative estimate of drug-likeness (QED) is 0.866. The minimum absolute atomic E-state index is 0.0303. The van der Waals surface area contributed by atoms with E-state index in [1.54, 1.807) is 0 Å². The lowest BCUT2D eigenvalue weighted by Crippen LogP contribution is -2.31. The topological polar surface area (TPSA) is 37.3 Å². The summed E-state index contributed by atoms with van der Waals surface area (Å²) >= 11 is 0. The highest BCUT2D eigenvalue weighted by atomic mass is 16.3. The molecule has 92 valence electrons. The second kappa shape index (κ2) is 4.61. The van der Waals surface area contributed by atoms with Gasteiger partial charge >= 0.3 is 0 Å². The van der Waals surface area contributed by atoms with Crippen molar-refractivity contribution in [2.45, 2.75) is 45.1 Å². The molecule has 1 N–H and O–H groups in total. The third kappa shape index (κ3) is 2.27. The van der Waals surface area contributed by atoms with Gasteiger partial charge in [0, 0.05) is 11.5 Å². The molecule has 2 nitrogen and oxygen atoms in total. The Balaban J connectivity index is 2.15. The Labute approximate surface area is 103 Å². The van der Waals surface area contributed by atoms with Gasteiger partial charge in [-0.3, -0.25) is 4.79 Å². The number of Topliss-reactive ketones (excluding diaryl/α,β-unsaturated/α-hetero) is 1. The van der Waals surface area contributed by atoms with Gasteiger partial charge in [-0.25, -0.2) is 0 Å². The van der Waals surface area contributed by atoms with Gasteiger partial charge in [0.2, 0.25) is 0 Å². The van der Waals surface area contributed by atoms with E-state index in [1.807, 2.05) is 38.1 Å². The maximum atomic E-state index is 12.2. The molecule has 1 aromatic carbocycles. The summed E-state index contributed by atoms with van der Waals surface area (Å²) in [6.45, 7) is 3.96. The van der Waals surface area contributed by atoms with Crippen LogP contribution in [0.5, 0.6) is 0 Å². The van der Waals surface area contributed by atoms with E-state index in [1.165, 1.54) is 0 Å². The zero-order valence-corrected chi connectivity index (χ0v) is 10.6. The van der Waals surface area contributed by atoms with E-state index in [-0.39, 0.29) is 11.7 Å². The molecule has 0 heterocycles. The van der Waals surface area contributed by atoms with Gasteiger partial charge in [-0.2, -0.15) is 0 Å². The molecule has 1 unspecified atom stereocenters. The molecule has 1 aromatic rings. The van der Waals surface area contributed by atoms with Gasteiger partial charge in [0.15, 0.2) is 5.78 Å². The molecule has 0 saturated heterocycles. The molecule has 2 heteroatoms. The van der Waals surface area contributed by atoms with Crippen LogP contribution < -0.4 is 0 Å². The summed E-state index contributed by atoms with van der Waals surface area (Å²) in [5, 5.41) is 10.3. The van der Waals surface area contributed by atoms with Crippen molar-refractivity contribution in [3.8, 4) is 0 Å². The molecule has 0 fully saturated rings. The summed E-state index contributed by atoms with van der Waals surface area (Å²) in [7, 11) is 0. The van der Waals surface area contributed by atoms with Crippen molar-refractivity contribution in [2.75, 3.05) is 0 Å². The first kappa shape index (κ1) is 12.3. The van der Waals surface area contributed by atoms with Gasteiger partial charge in [0.25, 0.3) is 0 Å². The molecule has 0 aliphatic heterocycles. The van der Waals surface area contributed by atoms with Crippen LogP contribution in [0.25, 0.3) is 0 Å². The first-order valence-electron chi connectivity index (χ1n) is 6.44. The Morgan fingerprint density at radius 1 is 1.29 bits per heavy atom. The van der Waals surface area contributed by atoms with Gasteiger partial charge in [-0.1, -0.05) is 38.1 Å². The molecule has 0 bridgehead atoms. The van der Waals surface area contributed by atoms with Crippen molar-refractivity contribution in [3.05, 3.63) is 35.4 Å². The number of hydrogen-bond acceptors (Lipinski definition) is 2. The Bertz CT molecular complexity index is 419. The molecule has 0 aromatic heterocycles. The SMILES string of the molecule is CCC(O)(CC)CC1Cc2ccccc2C1=O. The molecule has 0 amide bonds. The number of fused-ring (bicyclic) bond motifs is 1. The zero-order chi connectivity index (χ0) is 12.5. The summed E-state index contributed by atoms with van der Waals surface area (Å²) in [5.41, 5.74) is 1.31. The van der Waals surface area contributed by atoms with Crippen molar-refractivity contribution < 1.29 is 9.90 Å². The van der Waals surface area contributed by atoms with E-state index in [0.29, 0.717) is 19.3 Å². The molecule has 1 aliphatic carbocycles. The van der Waals surface area contributed by atoms with Gasteiger partial charge < -0.3 is 5.11 Å². The molecule has 1 atom stereocenters. The first-order chi connectivity index (χ1) is 8.09. The fourth-order valence-electron chi connectivity index (χ4n) is 2.68. The van der Waals surface area contributed by atoms with Crippen LogP contribution in [0.15, 0.2) is 24.3 Å². The highest BCUT2D eigenvalue weighted by molar-refractivity contribution is 6.02. The van der Waals surface area contributed by atoms with Crippen LogP contribution in [0.1, 0.15) is 49.0 Å². The van der Waals surface area contributed by atoms with Crippen molar-refractivity contribution >= 4 is 5.78 Å². The summed E-state index contributed by atoms with van der Waals surface area (Å²) in [6.07, 6.45) is 2.80. The third-order valence-electron chi connectivity index (χ3n) is 4.06. The van der Waals surface area contributed by atoms with Crippen LogP contribution in [0.4, 0.5) is 0 Å². The minimum atomic E-state index is -0.678. The highest BCUT2D eigenvalue weighted by Crippen LogP contribution is 2.34. The average Bonchev–Trinajstić information content (AvgIpc) is 2.67. The Morgan fingerprint density at radius 3 is 2.53 bits per heavy atom. The van der Waals surface area contributed by atoms with E-state index in [0.717, 1.165) is 17.5 Å². The van der Waals surface area contributed by atoms with Gasteiger partial charge in [0.1, 0.15) is 0 Å². The summed E-state index contributed by atoms with van der Waals surface area (Å²) in [4.78, 5) is 12.2. The Hall–Kier alpha value is -1.15. The second-order valence-corrected chi connectivity index (χ2v) is 5.06. The van der Waals surface area contributed by atoms with Crippen LogP contribution in [-0.4, -0.2) is 16.5 Å². The number of carbonyl (C=O) groups is 1. The van der Waals surface area contributed by atoms with Gasteiger partial charge in [0.05, 0.1) is 5.60 Å². The number of ketones is 1. The van der Waals surface area contributed by atoms with Gasteiger partial charge in [-0.05, 0) is 31.2 Å². The Kier molecular flexibility index (Phi) is 3.34. The lowest BCUT2D eigenvalue weighted by atomic mass is 9.84. The second-order valence-electron chi connectivity index (χ2n) is 5.06. The lowest BCUT2D eigenvalue weighted by Gasteiger charge is -2.27. The van der Waals surface area contributed by atoms with Crippen LogP contribution in [0, 0.1) is 5.92 Å². The minimum Gasteiger partial charge on any atom is -0.390 e. The molecule has 2 rings (SSSR count). The number of rotatable bonds is 4. The van der Waals surface area contributed by atoms with Crippen LogP contribution in [-0.2, 0) is 6.42 Å². The smallest absolute Gasteiger partial charge is 0.166 e. The molecule has 0 spiro atoms. The van der Waals surface area contributed by atoms with E-state index < -0.39 is 5.60 Å². The fraction of sp³-hybridized carbons (Fsp3) is 0.533. The Morgan fingerprint density at radius 2 is 1.94 bits per heavy atom. The van der Waals surface area contributed by atoms with E-state index in [2.05, 4.69) is 0 Å². The highest BCUT2D eigenvalue weighted by Gasteiger charge is 2.36. The summed E-state index contributed by atoms with van der Waals surface area (Å²) in [5.74, 6) is 0.179.